The van der Waals surface area contributed by atoms with E-state index < -0.39 is 9.65 Å². The number of carbonyl (C=O) groups excluding carboxylic acids is 2. The molecule has 0 aromatic rings. The molecule has 1 heterocycles. The molecule has 0 aromatic carbocycles. The molecule has 2 unspecified atom stereocenters. The molecule has 0 radical (unpaired) electrons. The fraction of sp³-hybridized carbons (Fsp3) is 0.714. The first-order chi connectivity index (χ1) is 5.59. The average Bonchev–Trinajstić information content (AvgIpc) is 2.23. The Bertz CT molecular complexity index is 199. The Morgan fingerprint density at radius 2 is 1.67 bits per heavy atom. The van der Waals surface area contributed by atoms with Gasteiger partial charge in [-0.2, -0.15) is 0 Å². The van der Waals surface area contributed by atoms with Crippen LogP contribution in [0.15, 0.2) is 0 Å². The molecule has 0 aromatic heterocycles. The lowest BCUT2D eigenvalue weighted by Crippen LogP contribution is -2.31. The van der Waals surface area contributed by atoms with Gasteiger partial charge in [-0.3, -0.25) is 14.5 Å². The van der Waals surface area contributed by atoms with Crippen molar-refractivity contribution in [3.8, 4) is 0 Å². The molecule has 1 saturated heterocycles. The van der Waals surface area contributed by atoms with Crippen LogP contribution in [0.4, 0.5) is 0 Å². The topological polar surface area (TPSA) is 37.4 Å². The summed E-state index contributed by atoms with van der Waals surface area (Å²) in [5, 5.41) is 0. The van der Waals surface area contributed by atoms with Gasteiger partial charge in [-0.05, 0) is 6.42 Å². The molecule has 1 aliphatic heterocycles. The molecule has 0 aliphatic carbocycles. The molecule has 68 valence electrons. The number of rotatable bonds is 2. The number of halogens is 2. The quantitative estimate of drug-likeness (QED) is 0.569. The van der Waals surface area contributed by atoms with Crippen LogP contribution in [0.25, 0.3) is 0 Å². The Kier molecular flexibility index (Phi) is 3.29. The first-order valence-corrected chi connectivity index (χ1v) is 5.56. The second-order valence-corrected chi connectivity index (χ2v) is 4.60. The van der Waals surface area contributed by atoms with Crippen molar-refractivity contribution in [3.05, 3.63) is 0 Å². The van der Waals surface area contributed by atoms with E-state index in [1.54, 1.807) is 0 Å². The highest BCUT2D eigenvalue weighted by Crippen LogP contribution is 2.26. The minimum Gasteiger partial charge on any atom is -0.281 e. The maximum atomic E-state index is 11.3. The zero-order chi connectivity index (χ0) is 9.30. The summed E-state index contributed by atoms with van der Waals surface area (Å²) in [5.41, 5.74) is 0. The zero-order valence-electron chi connectivity index (χ0n) is 6.59. The molecule has 0 saturated carbocycles. The van der Waals surface area contributed by atoms with Crippen LogP contribution < -0.4 is 0 Å². The van der Waals surface area contributed by atoms with Crippen molar-refractivity contribution < 1.29 is 9.59 Å². The SMILES string of the molecule is CCCN1C(=O)C(Br)C(Br)C1=O. The van der Waals surface area contributed by atoms with E-state index in [0.717, 1.165) is 6.42 Å². The fourth-order valence-corrected chi connectivity index (χ4v) is 2.05. The summed E-state index contributed by atoms with van der Waals surface area (Å²) in [5.74, 6) is -0.271. The number of carbonyl (C=O) groups is 2. The lowest BCUT2D eigenvalue weighted by atomic mass is 10.4. The normalized spacial score (nSPS) is 30.1. The molecule has 5 heteroatoms. The number of alkyl halides is 2. The van der Waals surface area contributed by atoms with E-state index >= 15 is 0 Å². The van der Waals surface area contributed by atoms with Crippen LogP contribution in [0, 0.1) is 0 Å². The maximum Gasteiger partial charge on any atom is 0.244 e. The number of hydrogen-bond donors (Lipinski definition) is 0. The van der Waals surface area contributed by atoms with Crippen LogP contribution in [0.2, 0.25) is 0 Å². The monoisotopic (exact) mass is 297 g/mol. The van der Waals surface area contributed by atoms with Crippen LogP contribution >= 0.6 is 31.9 Å². The van der Waals surface area contributed by atoms with Gasteiger partial charge >= 0.3 is 0 Å². The van der Waals surface area contributed by atoms with Crippen molar-refractivity contribution in [1.29, 1.82) is 0 Å². The predicted molar refractivity (Wildman–Crippen MR) is 52.4 cm³/mol. The minimum atomic E-state index is -0.392. The van der Waals surface area contributed by atoms with Gasteiger partial charge in [0.1, 0.15) is 9.65 Å². The molecule has 3 nitrogen and oxygen atoms in total. The van der Waals surface area contributed by atoms with E-state index in [4.69, 9.17) is 0 Å². The van der Waals surface area contributed by atoms with E-state index in [9.17, 15) is 9.59 Å². The van der Waals surface area contributed by atoms with Crippen molar-refractivity contribution >= 4 is 43.7 Å². The largest absolute Gasteiger partial charge is 0.281 e. The summed E-state index contributed by atoms with van der Waals surface area (Å²) < 4.78 is 0. The second kappa shape index (κ2) is 3.87. The molecule has 2 amide bonds. The lowest BCUT2D eigenvalue weighted by molar-refractivity contribution is -0.138. The number of likely N-dealkylation sites (tertiary alicyclic amines) is 1. The smallest absolute Gasteiger partial charge is 0.244 e. The van der Waals surface area contributed by atoms with Gasteiger partial charge in [0.25, 0.3) is 0 Å². The van der Waals surface area contributed by atoms with Crippen LogP contribution in [-0.4, -0.2) is 32.9 Å². The second-order valence-electron chi connectivity index (χ2n) is 2.63. The third-order valence-electron chi connectivity index (χ3n) is 1.71. The number of hydrogen-bond acceptors (Lipinski definition) is 2. The van der Waals surface area contributed by atoms with Gasteiger partial charge in [0.2, 0.25) is 11.8 Å². The van der Waals surface area contributed by atoms with Gasteiger partial charge in [0.15, 0.2) is 0 Å². The molecule has 0 bridgehead atoms. The van der Waals surface area contributed by atoms with Crippen LogP contribution in [0.5, 0.6) is 0 Å². The van der Waals surface area contributed by atoms with E-state index in [1.165, 1.54) is 4.90 Å². The van der Waals surface area contributed by atoms with Crippen molar-refractivity contribution in [1.82, 2.24) is 4.90 Å². The summed E-state index contributed by atoms with van der Waals surface area (Å²) in [6.07, 6.45) is 0.802. The van der Waals surface area contributed by atoms with Gasteiger partial charge in [0, 0.05) is 6.54 Å². The Morgan fingerprint density at radius 3 is 2.00 bits per heavy atom. The lowest BCUT2D eigenvalue weighted by Gasteiger charge is -2.11. The molecule has 1 fully saturated rings. The van der Waals surface area contributed by atoms with E-state index in [2.05, 4.69) is 31.9 Å². The minimum absolute atomic E-state index is 0.135. The van der Waals surface area contributed by atoms with Crippen LogP contribution in [0.1, 0.15) is 13.3 Å². The molecule has 0 N–H and O–H groups in total. The van der Waals surface area contributed by atoms with Gasteiger partial charge < -0.3 is 0 Å². The van der Waals surface area contributed by atoms with E-state index in [-0.39, 0.29) is 11.8 Å². The molecular weight excluding hydrogens is 290 g/mol. The van der Waals surface area contributed by atoms with Crippen LogP contribution in [0.3, 0.4) is 0 Å². The Hall–Kier alpha value is 0.1000. The van der Waals surface area contributed by atoms with Crippen molar-refractivity contribution in [2.75, 3.05) is 6.54 Å². The fourth-order valence-electron chi connectivity index (χ4n) is 1.10. The van der Waals surface area contributed by atoms with E-state index in [0.29, 0.717) is 6.54 Å². The van der Waals surface area contributed by atoms with Gasteiger partial charge in [-0.25, -0.2) is 0 Å². The van der Waals surface area contributed by atoms with Gasteiger partial charge in [-0.1, -0.05) is 38.8 Å². The summed E-state index contributed by atoms with van der Waals surface area (Å²) in [4.78, 5) is 23.2. The first kappa shape index (κ1) is 10.2. The van der Waals surface area contributed by atoms with Gasteiger partial charge in [-0.15, -0.1) is 0 Å². The summed E-state index contributed by atoms with van der Waals surface area (Å²) in [7, 11) is 0. The highest BCUT2D eigenvalue weighted by atomic mass is 79.9. The van der Waals surface area contributed by atoms with Crippen molar-refractivity contribution in [2.45, 2.75) is 23.0 Å². The predicted octanol–water partition coefficient (Wildman–Crippen LogP) is 1.29. The van der Waals surface area contributed by atoms with Gasteiger partial charge in [0.05, 0.1) is 0 Å². The Morgan fingerprint density at radius 1 is 1.25 bits per heavy atom. The summed E-state index contributed by atoms with van der Waals surface area (Å²) in [6.45, 7) is 2.45. The standard InChI is InChI=1S/C7H9Br2NO2/c1-2-3-10-6(11)4(8)5(9)7(10)12/h4-5H,2-3H2,1H3. The number of imide groups is 1. The Balaban J connectivity index is 2.76. The summed E-state index contributed by atoms with van der Waals surface area (Å²) >= 11 is 6.32. The molecule has 12 heavy (non-hydrogen) atoms. The molecule has 2 atom stereocenters. The average molecular weight is 299 g/mol. The van der Waals surface area contributed by atoms with Crippen molar-refractivity contribution in [3.63, 3.8) is 0 Å². The molecule has 1 aliphatic rings. The molecule has 0 spiro atoms. The Labute approximate surface area is 87.7 Å². The highest BCUT2D eigenvalue weighted by Gasteiger charge is 2.44. The van der Waals surface area contributed by atoms with E-state index in [1.807, 2.05) is 6.92 Å². The summed E-state index contributed by atoms with van der Waals surface area (Å²) in [6, 6.07) is 0. The third-order valence-corrected chi connectivity index (χ3v) is 4.26. The highest BCUT2D eigenvalue weighted by molar-refractivity contribution is 9.12. The zero-order valence-corrected chi connectivity index (χ0v) is 9.76. The third kappa shape index (κ3) is 1.57. The number of amides is 2. The van der Waals surface area contributed by atoms with Crippen LogP contribution in [-0.2, 0) is 9.59 Å². The maximum absolute atomic E-state index is 11.3. The molecular formula is C7H9Br2NO2. The number of nitrogens with zero attached hydrogens (tertiary/aromatic N) is 1. The molecule has 1 rings (SSSR count). The van der Waals surface area contributed by atoms with Crippen molar-refractivity contribution in [2.24, 2.45) is 0 Å². The first-order valence-electron chi connectivity index (χ1n) is 3.73.